The summed E-state index contributed by atoms with van der Waals surface area (Å²) in [5, 5.41) is 4.21. The Morgan fingerprint density at radius 1 is 1.10 bits per heavy atom. The van der Waals surface area contributed by atoms with Gasteiger partial charge >= 0.3 is 0 Å². The van der Waals surface area contributed by atoms with E-state index in [0.29, 0.717) is 17.9 Å². The zero-order chi connectivity index (χ0) is 21.1. The summed E-state index contributed by atoms with van der Waals surface area (Å²) in [5.41, 5.74) is 3.35. The minimum atomic E-state index is -0.427. The number of nitrogens with one attached hydrogen (secondary N) is 3. The maximum absolute atomic E-state index is 13.1. The van der Waals surface area contributed by atoms with E-state index in [2.05, 4.69) is 20.3 Å². The van der Waals surface area contributed by atoms with Crippen LogP contribution in [0.5, 0.6) is 0 Å². The maximum atomic E-state index is 13.1. The molecular formula is C24H24N4O2. The van der Waals surface area contributed by atoms with Crippen LogP contribution in [0.15, 0.2) is 71.7 Å². The van der Waals surface area contributed by atoms with Crippen LogP contribution < -0.4 is 10.9 Å². The largest absolute Gasteiger partial charge is 0.361 e. The molecule has 1 amide bonds. The summed E-state index contributed by atoms with van der Waals surface area (Å²) >= 11 is 0. The number of carbonyl (C=O) groups is 1. The molecule has 4 rings (SSSR count). The number of aromatic nitrogens is 3. The highest BCUT2D eigenvalue weighted by molar-refractivity contribution is 5.85. The Morgan fingerprint density at radius 3 is 2.60 bits per heavy atom. The standard InChI is InChI=1S/C24H24N4O2/c1-15(17-8-4-3-5-9-17)24(30)28-21(22-13-23(29)27-16(2)26-22)12-18-14-25-20-11-7-6-10-19(18)20/h3-11,13-15,21,25H,12H2,1-2H3,(H,28,30)(H,26,27,29)/t15-,21-/m1/s1. The number of fused-ring (bicyclic) bond motifs is 1. The van der Waals surface area contributed by atoms with Gasteiger partial charge in [0.25, 0.3) is 5.56 Å². The first-order chi connectivity index (χ1) is 14.5. The van der Waals surface area contributed by atoms with E-state index in [4.69, 9.17) is 0 Å². The Balaban J connectivity index is 1.66. The molecule has 4 aromatic rings. The Labute approximate surface area is 174 Å². The van der Waals surface area contributed by atoms with Crippen LogP contribution in [0.4, 0.5) is 0 Å². The van der Waals surface area contributed by atoms with Gasteiger partial charge in [0.15, 0.2) is 0 Å². The molecule has 6 heteroatoms. The lowest BCUT2D eigenvalue weighted by atomic mass is 9.98. The second-order valence-corrected chi connectivity index (χ2v) is 7.51. The monoisotopic (exact) mass is 400 g/mol. The van der Waals surface area contributed by atoms with Gasteiger partial charge in [-0.3, -0.25) is 9.59 Å². The number of hydrogen-bond donors (Lipinski definition) is 3. The fraction of sp³-hybridized carbons (Fsp3) is 0.208. The number of nitrogens with zero attached hydrogens (tertiary/aromatic N) is 1. The van der Waals surface area contributed by atoms with Gasteiger partial charge in [0.05, 0.1) is 17.7 Å². The van der Waals surface area contributed by atoms with Crippen molar-refractivity contribution in [2.75, 3.05) is 0 Å². The molecule has 30 heavy (non-hydrogen) atoms. The summed E-state index contributed by atoms with van der Waals surface area (Å²) in [4.78, 5) is 35.6. The summed E-state index contributed by atoms with van der Waals surface area (Å²) in [6.07, 6.45) is 2.47. The van der Waals surface area contributed by atoms with Crippen LogP contribution >= 0.6 is 0 Å². The Morgan fingerprint density at radius 2 is 1.83 bits per heavy atom. The fourth-order valence-electron chi connectivity index (χ4n) is 3.72. The van der Waals surface area contributed by atoms with Gasteiger partial charge in [-0.15, -0.1) is 0 Å². The first-order valence-electron chi connectivity index (χ1n) is 9.99. The molecule has 2 atom stereocenters. The molecule has 0 saturated carbocycles. The highest BCUT2D eigenvalue weighted by atomic mass is 16.2. The van der Waals surface area contributed by atoms with Crippen LogP contribution in [-0.4, -0.2) is 20.9 Å². The van der Waals surface area contributed by atoms with Crippen LogP contribution in [0.1, 0.15) is 41.5 Å². The molecular weight excluding hydrogens is 376 g/mol. The number of carbonyl (C=O) groups excluding carboxylic acids is 1. The number of hydrogen-bond acceptors (Lipinski definition) is 3. The van der Waals surface area contributed by atoms with Gasteiger partial charge in [-0.25, -0.2) is 4.98 Å². The van der Waals surface area contributed by atoms with Crippen molar-refractivity contribution in [3.8, 4) is 0 Å². The van der Waals surface area contributed by atoms with Gasteiger partial charge in [-0.2, -0.15) is 0 Å². The molecule has 0 bridgehead atoms. The molecule has 2 aromatic carbocycles. The van der Waals surface area contributed by atoms with Crippen LogP contribution in [0.3, 0.4) is 0 Å². The van der Waals surface area contributed by atoms with Crippen LogP contribution in [0.2, 0.25) is 0 Å². The van der Waals surface area contributed by atoms with Gasteiger partial charge in [-0.1, -0.05) is 48.5 Å². The van der Waals surface area contributed by atoms with Gasteiger partial charge in [0.2, 0.25) is 5.91 Å². The molecule has 6 nitrogen and oxygen atoms in total. The van der Waals surface area contributed by atoms with E-state index >= 15 is 0 Å². The molecule has 0 aliphatic carbocycles. The van der Waals surface area contributed by atoms with Crippen molar-refractivity contribution in [2.45, 2.75) is 32.2 Å². The lowest BCUT2D eigenvalue weighted by molar-refractivity contribution is -0.123. The van der Waals surface area contributed by atoms with E-state index in [9.17, 15) is 9.59 Å². The normalized spacial score (nSPS) is 13.1. The first-order valence-corrected chi connectivity index (χ1v) is 9.99. The summed E-state index contributed by atoms with van der Waals surface area (Å²) < 4.78 is 0. The van der Waals surface area contributed by atoms with Crippen molar-refractivity contribution in [1.82, 2.24) is 20.3 Å². The van der Waals surface area contributed by atoms with E-state index in [1.807, 2.05) is 67.7 Å². The average Bonchev–Trinajstić information content (AvgIpc) is 3.15. The minimum absolute atomic E-state index is 0.106. The number of rotatable bonds is 6. The van der Waals surface area contributed by atoms with Gasteiger partial charge in [0.1, 0.15) is 5.82 Å². The second-order valence-electron chi connectivity index (χ2n) is 7.51. The predicted molar refractivity (Wildman–Crippen MR) is 117 cm³/mol. The Kier molecular flexibility index (Phi) is 5.48. The lowest BCUT2D eigenvalue weighted by Crippen LogP contribution is -2.34. The summed E-state index contributed by atoms with van der Waals surface area (Å²) in [6.45, 7) is 3.62. The highest BCUT2D eigenvalue weighted by Crippen LogP contribution is 2.25. The molecule has 0 radical (unpaired) electrons. The van der Waals surface area contributed by atoms with E-state index in [-0.39, 0.29) is 17.4 Å². The van der Waals surface area contributed by atoms with Crippen molar-refractivity contribution in [1.29, 1.82) is 0 Å². The van der Waals surface area contributed by atoms with Crippen molar-refractivity contribution in [3.05, 3.63) is 99.9 Å². The molecule has 2 heterocycles. The van der Waals surface area contributed by atoms with Gasteiger partial charge in [0, 0.05) is 29.6 Å². The highest BCUT2D eigenvalue weighted by Gasteiger charge is 2.23. The van der Waals surface area contributed by atoms with Crippen molar-refractivity contribution in [3.63, 3.8) is 0 Å². The molecule has 0 aliphatic heterocycles. The molecule has 0 aliphatic rings. The van der Waals surface area contributed by atoms with Crippen molar-refractivity contribution in [2.24, 2.45) is 0 Å². The summed E-state index contributed by atoms with van der Waals surface area (Å²) in [5.74, 6) is 0.0947. The molecule has 152 valence electrons. The Hall–Kier alpha value is -3.67. The first kappa shape index (κ1) is 19.6. The molecule has 0 unspecified atom stereocenters. The van der Waals surface area contributed by atoms with Crippen molar-refractivity contribution >= 4 is 16.8 Å². The molecule has 2 aromatic heterocycles. The molecule has 3 N–H and O–H groups in total. The fourth-order valence-corrected chi connectivity index (χ4v) is 3.72. The third kappa shape index (κ3) is 4.17. The number of aromatic amines is 2. The molecule has 0 fully saturated rings. The van der Waals surface area contributed by atoms with Gasteiger partial charge in [-0.05, 0) is 31.0 Å². The minimum Gasteiger partial charge on any atom is -0.361 e. The second kappa shape index (κ2) is 8.37. The average molecular weight is 400 g/mol. The molecule has 0 saturated heterocycles. The SMILES string of the molecule is Cc1nc([C@@H](Cc2c[nH]c3ccccc23)NC(=O)[C@H](C)c2ccccc2)cc(=O)[nH]1. The van der Waals surface area contributed by atoms with Crippen LogP contribution in [-0.2, 0) is 11.2 Å². The number of H-pyrrole nitrogens is 2. The number of benzene rings is 2. The van der Waals surface area contributed by atoms with E-state index in [1.54, 1.807) is 6.92 Å². The van der Waals surface area contributed by atoms with E-state index < -0.39 is 6.04 Å². The topological polar surface area (TPSA) is 90.6 Å². The molecule has 0 spiro atoms. The number of aryl methyl sites for hydroxylation is 1. The van der Waals surface area contributed by atoms with Crippen LogP contribution in [0, 0.1) is 6.92 Å². The summed E-state index contributed by atoms with van der Waals surface area (Å²) in [6, 6.07) is 18.7. The van der Waals surface area contributed by atoms with E-state index in [1.165, 1.54) is 6.07 Å². The maximum Gasteiger partial charge on any atom is 0.251 e. The quantitative estimate of drug-likeness (QED) is 0.460. The van der Waals surface area contributed by atoms with Crippen molar-refractivity contribution < 1.29 is 4.79 Å². The number of amides is 1. The zero-order valence-corrected chi connectivity index (χ0v) is 17.0. The third-order valence-corrected chi connectivity index (χ3v) is 5.35. The lowest BCUT2D eigenvalue weighted by Gasteiger charge is -2.21. The number of para-hydroxylation sites is 1. The predicted octanol–water partition coefficient (Wildman–Crippen LogP) is 3.76. The van der Waals surface area contributed by atoms with E-state index in [0.717, 1.165) is 22.0 Å². The summed E-state index contributed by atoms with van der Waals surface area (Å²) in [7, 11) is 0. The van der Waals surface area contributed by atoms with Gasteiger partial charge < -0.3 is 15.3 Å². The third-order valence-electron chi connectivity index (χ3n) is 5.35. The van der Waals surface area contributed by atoms with Crippen LogP contribution in [0.25, 0.3) is 10.9 Å². The zero-order valence-electron chi connectivity index (χ0n) is 17.0. The Bertz CT molecular complexity index is 1230. The smallest absolute Gasteiger partial charge is 0.251 e.